The predicted molar refractivity (Wildman–Crippen MR) is 119 cm³/mol. The maximum atomic E-state index is 2.37. The van der Waals surface area contributed by atoms with E-state index in [0.717, 1.165) is 12.8 Å². The molecule has 2 aromatic heterocycles. The average molecular weight is 407 g/mol. The van der Waals surface area contributed by atoms with Crippen LogP contribution in [0.15, 0.2) is 60.7 Å². The molecule has 2 nitrogen and oxygen atoms in total. The summed E-state index contributed by atoms with van der Waals surface area (Å²) in [5, 5.41) is 2.87. The molecule has 0 saturated carbocycles. The number of thiazole rings is 2. The highest BCUT2D eigenvalue weighted by molar-refractivity contribution is 7.15. The lowest BCUT2D eigenvalue weighted by atomic mass is 10.1. The standard InChI is InChI=1S/C24H26N2S2/c1-17-23(19-11-7-5-8-12-19)27-21(25(17)3)15-16-22-26(4)18(2)24(28-22)20-13-9-6-10-14-20/h5-14H,15-16H2,1-4H3/q+2. The number of rotatable bonds is 5. The lowest BCUT2D eigenvalue weighted by Gasteiger charge is -1.94. The molecule has 0 spiro atoms. The maximum Gasteiger partial charge on any atom is 0.238 e. The van der Waals surface area contributed by atoms with E-state index in [-0.39, 0.29) is 0 Å². The van der Waals surface area contributed by atoms with Gasteiger partial charge in [0.1, 0.15) is 23.8 Å². The minimum absolute atomic E-state index is 1.07. The summed E-state index contributed by atoms with van der Waals surface area (Å²) in [6.45, 7) is 4.45. The van der Waals surface area contributed by atoms with Crippen LogP contribution in [0.25, 0.3) is 20.9 Å². The first-order valence-corrected chi connectivity index (χ1v) is 11.3. The monoisotopic (exact) mass is 406 g/mol. The van der Waals surface area contributed by atoms with Gasteiger partial charge < -0.3 is 0 Å². The number of hydrogen-bond donors (Lipinski definition) is 0. The average Bonchev–Trinajstić information content (AvgIpc) is 3.18. The summed E-state index contributed by atoms with van der Waals surface area (Å²) in [6.07, 6.45) is 2.13. The smallest absolute Gasteiger partial charge is 0.192 e. The summed E-state index contributed by atoms with van der Waals surface area (Å²) in [7, 11) is 4.39. The van der Waals surface area contributed by atoms with Crippen molar-refractivity contribution < 1.29 is 9.13 Å². The Bertz CT molecular complexity index is 1000. The van der Waals surface area contributed by atoms with Crippen molar-refractivity contribution in [2.45, 2.75) is 26.7 Å². The van der Waals surface area contributed by atoms with Crippen molar-refractivity contribution in [1.82, 2.24) is 0 Å². The molecule has 2 heterocycles. The van der Waals surface area contributed by atoms with Crippen LogP contribution in [-0.4, -0.2) is 0 Å². The van der Waals surface area contributed by atoms with E-state index in [1.54, 1.807) is 0 Å². The third-order valence-corrected chi connectivity index (χ3v) is 8.37. The zero-order valence-corrected chi connectivity index (χ0v) is 18.5. The SMILES string of the molecule is Cc1c(-c2ccccc2)sc(CCc2sc(-c3ccccc3)c(C)[n+]2C)[n+]1C. The van der Waals surface area contributed by atoms with Gasteiger partial charge in [-0.1, -0.05) is 83.3 Å². The quantitative estimate of drug-likeness (QED) is 0.403. The van der Waals surface area contributed by atoms with Gasteiger partial charge in [0.2, 0.25) is 10.0 Å². The van der Waals surface area contributed by atoms with Gasteiger partial charge in [0, 0.05) is 13.8 Å². The van der Waals surface area contributed by atoms with Crippen molar-refractivity contribution >= 4 is 22.7 Å². The molecule has 0 aliphatic carbocycles. The van der Waals surface area contributed by atoms with Crippen LogP contribution in [0.4, 0.5) is 0 Å². The highest BCUT2D eigenvalue weighted by Crippen LogP contribution is 2.31. The second-order valence-electron chi connectivity index (χ2n) is 7.17. The minimum atomic E-state index is 1.07. The Morgan fingerprint density at radius 2 is 0.964 bits per heavy atom. The molecule has 4 rings (SSSR count). The largest absolute Gasteiger partial charge is 0.238 e. The number of nitrogens with zero attached hydrogens (tertiary/aromatic N) is 2. The topological polar surface area (TPSA) is 7.76 Å². The first kappa shape index (κ1) is 19.0. The highest BCUT2D eigenvalue weighted by atomic mass is 32.1. The van der Waals surface area contributed by atoms with Gasteiger partial charge in [0.15, 0.2) is 11.4 Å². The van der Waals surface area contributed by atoms with E-state index in [2.05, 4.69) is 97.7 Å². The molecule has 0 amide bonds. The Kier molecular flexibility index (Phi) is 5.42. The van der Waals surface area contributed by atoms with Gasteiger partial charge in [-0.25, -0.2) is 0 Å². The lowest BCUT2D eigenvalue weighted by Crippen LogP contribution is -2.36. The molecule has 0 unspecified atom stereocenters. The molecule has 4 aromatic rings. The molecule has 0 fully saturated rings. The summed E-state index contributed by atoms with van der Waals surface area (Å²) in [5.41, 5.74) is 5.33. The van der Waals surface area contributed by atoms with Crippen molar-refractivity contribution in [1.29, 1.82) is 0 Å². The van der Waals surface area contributed by atoms with Crippen molar-refractivity contribution in [2.24, 2.45) is 14.1 Å². The fourth-order valence-electron chi connectivity index (χ4n) is 3.57. The molecule has 0 atom stereocenters. The first-order chi connectivity index (χ1) is 13.6. The minimum Gasteiger partial charge on any atom is -0.192 e. The van der Waals surface area contributed by atoms with Crippen molar-refractivity contribution in [3.8, 4) is 20.9 Å². The lowest BCUT2D eigenvalue weighted by molar-refractivity contribution is -0.683. The molecule has 28 heavy (non-hydrogen) atoms. The molecule has 0 N–H and O–H groups in total. The Balaban J connectivity index is 1.59. The number of benzene rings is 2. The van der Waals surface area contributed by atoms with E-state index in [1.165, 1.54) is 42.3 Å². The van der Waals surface area contributed by atoms with Gasteiger partial charge in [-0.3, -0.25) is 0 Å². The van der Waals surface area contributed by atoms with Crippen molar-refractivity contribution in [3.63, 3.8) is 0 Å². The van der Waals surface area contributed by atoms with Crippen LogP contribution >= 0.6 is 22.7 Å². The highest BCUT2D eigenvalue weighted by Gasteiger charge is 2.25. The second-order valence-corrected chi connectivity index (χ2v) is 9.34. The number of hydrogen-bond acceptors (Lipinski definition) is 2. The van der Waals surface area contributed by atoms with Crippen LogP contribution < -0.4 is 9.13 Å². The Morgan fingerprint density at radius 1 is 0.607 bits per heavy atom. The van der Waals surface area contributed by atoms with E-state index in [9.17, 15) is 0 Å². The zero-order valence-electron chi connectivity index (χ0n) is 16.9. The zero-order chi connectivity index (χ0) is 19.7. The molecule has 4 heteroatoms. The van der Waals surface area contributed by atoms with E-state index < -0.39 is 0 Å². The van der Waals surface area contributed by atoms with E-state index in [0.29, 0.717) is 0 Å². The van der Waals surface area contributed by atoms with Crippen molar-refractivity contribution in [2.75, 3.05) is 0 Å². The summed E-state index contributed by atoms with van der Waals surface area (Å²) in [5.74, 6) is 0. The van der Waals surface area contributed by atoms with Crippen LogP contribution in [0.5, 0.6) is 0 Å². The van der Waals surface area contributed by atoms with Gasteiger partial charge in [-0.15, -0.1) is 0 Å². The summed E-state index contributed by atoms with van der Waals surface area (Å²) in [4.78, 5) is 2.77. The van der Waals surface area contributed by atoms with Crippen LogP contribution in [0, 0.1) is 13.8 Å². The van der Waals surface area contributed by atoms with Gasteiger partial charge in [-0.05, 0) is 11.1 Å². The molecule has 0 aliphatic rings. The third-order valence-electron chi connectivity index (χ3n) is 5.48. The fraction of sp³-hybridized carbons (Fsp3) is 0.250. The molecule has 0 saturated heterocycles. The Hall–Kier alpha value is -2.30. The van der Waals surface area contributed by atoms with Gasteiger partial charge >= 0.3 is 0 Å². The molecule has 2 aromatic carbocycles. The van der Waals surface area contributed by atoms with Gasteiger partial charge in [-0.2, -0.15) is 9.13 Å². The summed E-state index contributed by atoms with van der Waals surface area (Å²) >= 11 is 3.86. The molecular weight excluding hydrogens is 380 g/mol. The number of aryl methyl sites for hydroxylation is 2. The van der Waals surface area contributed by atoms with Crippen LogP contribution in [0.1, 0.15) is 21.4 Å². The summed E-state index contributed by atoms with van der Waals surface area (Å²) < 4.78 is 4.73. The maximum absolute atomic E-state index is 2.37. The van der Waals surface area contributed by atoms with Gasteiger partial charge in [0.25, 0.3) is 0 Å². The molecular formula is C24H26N2S2+2. The Labute approximate surface area is 175 Å². The normalized spacial score (nSPS) is 11.1. The summed E-state index contributed by atoms with van der Waals surface area (Å²) in [6, 6.07) is 21.5. The molecule has 142 valence electrons. The molecule has 0 aliphatic heterocycles. The molecule has 0 bridgehead atoms. The number of aromatic nitrogens is 2. The van der Waals surface area contributed by atoms with E-state index in [1.807, 2.05) is 22.7 Å². The predicted octanol–water partition coefficient (Wildman–Crippen LogP) is 5.19. The molecule has 0 radical (unpaired) electrons. The first-order valence-electron chi connectivity index (χ1n) is 9.63. The Morgan fingerprint density at radius 3 is 1.32 bits per heavy atom. The fourth-order valence-corrected chi connectivity index (χ4v) is 6.07. The van der Waals surface area contributed by atoms with Crippen LogP contribution in [0.2, 0.25) is 0 Å². The van der Waals surface area contributed by atoms with Gasteiger partial charge in [0.05, 0.1) is 12.8 Å². The van der Waals surface area contributed by atoms with Crippen molar-refractivity contribution in [3.05, 3.63) is 82.1 Å². The van der Waals surface area contributed by atoms with Crippen LogP contribution in [-0.2, 0) is 26.9 Å². The second kappa shape index (κ2) is 7.98. The van der Waals surface area contributed by atoms with E-state index in [4.69, 9.17) is 0 Å². The van der Waals surface area contributed by atoms with E-state index >= 15 is 0 Å². The third kappa shape index (κ3) is 3.54. The van der Waals surface area contributed by atoms with Crippen LogP contribution in [0.3, 0.4) is 0 Å².